The van der Waals surface area contributed by atoms with Crippen LogP contribution in [0.25, 0.3) is 104 Å². The molecule has 0 aliphatic heterocycles. The van der Waals surface area contributed by atoms with Gasteiger partial charge in [0.1, 0.15) is 0 Å². The first-order valence-electron chi connectivity index (χ1n) is 19.5. The highest BCUT2D eigenvalue weighted by Crippen LogP contribution is 2.41. The molecule has 3 heterocycles. The molecule has 0 spiro atoms. The predicted molar refractivity (Wildman–Crippen MR) is 244 cm³/mol. The van der Waals surface area contributed by atoms with Gasteiger partial charge in [0, 0.05) is 47.6 Å². The van der Waals surface area contributed by atoms with Gasteiger partial charge in [-0.25, -0.2) is 15.0 Å². The van der Waals surface area contributed by atoms with E-state index in [-0.39, 0.29) is 0 Å². The molecule has 0 fully saturated rings. The molecule has 0 saturated heterocycles. The summed E-state index contributed by atoms with van der Waals surface area (Å²) in [6.45, 7) is 0. The van der Waals surface area contributed by atoms with Crippen LogP contribution in [0, 0.1) is 22.7 Å². The highest BCUT2D eigenvalue weighted by atomic mass is 32.1. The highest BCUT2D eigenvalue weighted by molar-refractivity contribution is 7.25. The Hall–Kier alpha value is -8.23. The van der Waals surface area contributed by atoms with Gasteiger partial charge in [-0.3, -0.25) is 0 Å². The van der Waals surface area contributed by atoms with E-state index in [4.69, 9.17) is 15.0 Å². The van der Waals surface area contributed by atoms with Crippen LogP contribution >= 0.6 is 11.3 Å². The van der Waals surface area contributed by atoms with E-state index in [1.54, 1.807) is 12.1 Å². The Balaban J connectivity index is 1.18. The molecule has 0 unspecified atom stereocenters. The molecule has 60 heavy (non-hydrogen) atoms. The fourth-order valence-corrected chi connectivity index (χ4v) is 9.37. The van der Waals surface area contributed by atoms with E-state index < -0.39 is 0 Å². The maximum Gasteiger partial charge on any atom is 0.166 e. The van der Waals surface area contributed by atoms with Crippen molar-refractivity contribution in [2.24, 2.45) is 0 Å². The van der Waals surface area contributed by atoms with Crippen LogP contribution in [0.1, 0.15) is 11.1 Å². The fraction of sp³-hybridized carbons (Fsp3) is 0. The molecular formula is C53H30N6S. The summed E-state index contributed by atoms with van der Waals surface area (Å²) in [5.74, 6) is 1.73. The van der Waals surface area contributed by atoms with Gasteiger partial charge >= 0.3 is 0 Å². The molecule has 0 bridgehead atoms. The summed E-state index contributed by atoms with van der Waals surface area (Å²) in [5, 5.41) is 24.2. The molecule has 0 N–H and O–H groups in total. The Morgan fingerprint density at radius 1 is 0.400 bits per heavy atom. The number of nitrogens with zero attached hydrogens (tertiary/aromatic N) is 6. The van der Waals surface area contributed by atoms with Gasteiger partial charge in [0.15, 0.2) is 17.5 Å². The van der Waals surface area contributed by atoms with E-state index in [1.807, 2.05) is 78.1 Å². The van der Waals surface area contributed by atoms with Crippen LogP contribution < -0.4 is 0 Å². The number of rotatable bonds is 6. The van der Waals surface area contributed by atoms with Crippen molar-refractivity contribution in [1.82, 2.24) is 19.5 Å². The summed E-state index contributed by atoms with van der Waals surface area (Å²) in [4.78, 5) is 15.5. The largest absolute Gasteiger partial charge is 0.309 e. The quantitative estimate of drug-likeness (QED) is 0.167. The highest BCUT2D eigenvalue weighted by Gasteiger charge is 2.21. The molecule has 11 rings (SSSR count). The number of nitriles is 2. The van der Waals surface area contributed by atoms with Crippen LogP contribution in [0.4, 0.5) is 0 Å². The first-order chi connectivity index (χ1) is 29.6. The second kappa shape index (κ2) is 14.3. The van der Waals surface area contributed by atoms with Gasteiger partial charge in [-0.05, 0) is 82.9 Å². The van der Waals surface area contributed by atoms with Crippen molar-refractivity contribution in [2.75, 3.05) is 0 Å². The number of benzene rings is 8. The van der Waals surface area contributed by atoms with Crippen molar-refractivity contribution in [3.05, 3.63) is 193 Å². The SMILES string of the molecule is N#Cc1ccc(-c2ccc3c(c2)c2ccccc2n3-c2ccc(-c3ccc4sc5ccccc5c4c3)cc2-c2nc(-c3ccccc3)nc(-c3ccccc3)n2)c(C#N)c1. The summed E-state index contributed by atoms with van der Waals surface area (Å²) in [6.07, 6.45) is 0. The number of thiophene rings is 1. The number of hydrogen-bond acceptors (Lipinski definition) is 6. The van der Waals surface area contributed by atoms with Crippen molar-refractivity contribution < 1.29 is 0 Å². The van der Waals surface area contributed by atoms with E-state index >= 15 is 0 Å². The third kappa shape index (κ3) is 5.89. The monoisotopic (exact) mass is 782 g/mol. The van der Waals surface area contributed by atoms with Crippen LogP contribution in [-0.4, -0.2) is 19.5 Å². The average Bonchev–Trinajstić information content (AvgIpc) is 3.86. The minimum atomic E-state index is 0.455. The fourth-order valence-electron chi connectivity index (χ4n) is 8.28. The minimum absolute atomic E-state index is 0.455. The third-order valence-corrected chi connectivity index (χ3v) is 12.3. The predicted octanol–water partition coefficient (Wildman–Crippen LogP) is 13.4. The summed E-state index contributed by atoms with van der Waals surface area (Å²) < 4.78 is 4.81. The van der Waals surface area contributed by atoms with E-state index in [0.717, 1.165) is 66.4 Å². The van der Waals surface area contributed by atoms with Gasteiger partial charge in [-0.15, -0.1) is 11.3 Å². The van der Waals surface area contributed by atoms with Crippen LogP contribution in [0.2, 0.25) is 0 Å². The van der Waals surface area contributed by atoms with Gasteiger partial charge in [0.05, 0.1) is 40.0 Å². The molecule has 0 aliphatic carbocycles. The van der Waals surface area contributed by atoms with Crippen molar-refractivity contribution in [3.8, 4) is 74.2 Å². The normalized spacial score (nSPS) is 11.3. The molecule has 278 valence electrons. The molecular weight excluding hydrogens is 753 g/mol. The third-order valence-electron chi connectivity index (χ3n) is 11.1. The number of aromatic nitrogens is 4. The number of fused-ring (bicyclic) bond motifs is 6. The lowest BCUT2D eigenvalue weighted by Gasteiger charge is -2.16. The van der Waals surface area contributed by atoms with Gasteiger partial charge in [0.2, 0.25) is 0 Å². The van der Waals surface area contributed by atoms with Crippen molar-refractivity contribution in [1.29, 1.82) is 10.5 Å². The Labute approximate surface area is 349 Å². The Bertz CT molecular complexity index is 3520. The zero-order chi connectivity index (χ0) is 40.2. The lowest BCUT2D eigenvalue weighted by Crippen LogP contribution is -2.04. The molecule has 3 aromatic heterocycles. The summed E-state index contributed by atoms with van der Waals surface area (Å²) in [5.41, 5.74) is 10.3. The summed E-state index contributed by atoms with van der Waals surface area (Å²) in [7, 11) is 0. The van der Waals surface area contributed by atoms with Gasteiger partial charge in [-0.2, -0.15) is 10.5 Å². The molecule has 8 aromatic carbocycles. The minimum Gasteiger partial charge on any atom is -0.309 e. The topological polar surface area (TPSA) is 91.2 Å². The van der Waals surface area contributed by atoms with E-state index in [9.17, 15) is 10.5 Å². The van der Waals surface area contributed by atoms with E-state index in [2.05, 4.69) is 120 Å². The summed E-state index contributed by atoms with van der Waals surface area (Å²) in [6, 6.07) is 66.5. The number of para-hydroxylation sites is 1. The second-order valence-electron chi connectivity index (χ2n) is 14.6. The Kier molecular flexibility index (Phi) is 8.34. The molecule has 6 nitrogen and oxygen atoms in total. The first-order valence-corrected chi connectivity index (χ1v) is 20.4. The smallest absolute Gasteiger partial charge is 0.166 e. The standard InChI is InChI=1S/C53H30N6S/c54-31-33-19-23-40(39(27-33)32-55)38-21-25-47-43(30-38)41-15-7-9-17-46(41)59(47)48-24-20-36(37-22-26-50-44(28-37)42-16-8-10-18-49(42)60-50)29-45(48)53-57-51(34-11-3-1-4-12-34)56-52(58-53)35-13-5-2-6-14-35/h1-30H. The lowest BCUT2D eigenvalue weighted by atomic mass is 9.97. The van der Waals surface area contributed by atoms with E-state index in [0.29, 0.717) is 28.6 Å². The molecule has 0 saturated carbocycles. The second-order valence-corrected chi connectivity index (χ2v) is 15.7. The van der Waals surface area contributed by atoms with Crippen molar-refractivity contribution >= 4 is 53.3 Å². The van der Waals surface area contributed by atoms with E-state index in [1.165, 1.54) is 20.2 Å². The zero-order valence-corrected chi connectivity index (χ0v) is 32.7. The van der Waals surface area contributed by atoms with Crippen molar-refractivity contribution in [3.63, 3.8) is 0 Å². The summed E-state index contributed by atoms with van der Waals surface area (Å²) >= 11 is 1.81. The van der Waals surface area contributed by atoms with Gasteiger partial charge in [-0.1, -0.05) is 121 Å². The zero-order valence-electron chi connectivity index (χ0n) is 31.9. The molecule has 0 amide bonds. The van der Waals surface area contributed by atoms with Crippen LogP contribution in [0.15, 0.2) is 182 Å². The number of hydrogen-bond donors (Lipinski definition) is 0. The van der Waals surface area contributed by atoms with Crippen LogP contribution in [-0.2, 0) is 0 Å². The lowest BCUT2D eigenvalue weighted by molar-refractivity contribution is 1.06. The van der Waals surface area contributed by atoms with Gasteiger partial charge in [0.25, 0.3) is 0 Å². The van der Waals surface area contributed by atoms with Crippen molar-refractivity contribution in [2.45, 2.75) is 0 Å². The average molecular weight is 783 g/mol. The Morgan fingerprint density at radius 2 is 1.00 bits per heavy atom. The molecule has 7 heteroatoms. The molecule has 0 aliphatic rings. The van der Waals surface area contributed by atoms with Gasteiger partial charge < -0.3 is 4.57 Å². The van der Waals surface area contributed by atoms with Crippen LogP contribution in [0.5, 0.6) is 0 Å². The van der Waals surface area contributed by atoms with Crippen LogP contribution in [0.3, 0.4) is 0 Å². The maximum atomic E-state index is 10.1. The first kappa shape index (κ1) is 35.0. The molecule has 0 atom stereocenters. The molecule has 11 aromatic rings. The maximum absolute atomic E-state index is 10.1. The molecule has 0 radical (unpaired) electrons. The Morgan fingerprint density at radius 3 is 1.75 bits per heavy atom.